The minimum absolute atomic E-state index is 0.0759. The van der Waals surface area contributed by atoms with Crippen LogP contribution >= 0.6 is 0 Å². The van der Waals surface area contributed by atoms with Gasteiger partial charge >= 0.3 is 0 Å². The number of nitrogens with zero attached hydrogens (tertiary/aromatic N) is 2. The zero-order chi connectivity index (χ0) is 14.4. The largest absolute Gasteiger partial charge is 0.299 e. The van der Waals surface area contributed by atoms with Crippen LogP contribution in [0.4, 0.5) is 4.39 Å². The Balaban J connectivity index is 1.85. The molecule has 0 aliphatic heterocycles. The third kappa shape index (κ3) is 4.24. The molecule has 1 aromatic heterocycles. The summed E-state index contributed by atoms with van der Waals surface area (Å²) in [5, 5.41) is 0. The summed E-state index contributed by atoms with van der Waals surface area (Å²) in [6, 6.07) is 11.6. The van der Waals surface area contributed by atoms with Crippen molar-refractivity contribution in [3.63, 3.8) is 0 Å². The van der Waals surface area contributed by atoms with Crippen molar-refractivity contribution < 1.29 is 9.18 Å². The van der Waals surface area contributed by atoms with E-state index in [4.69, 9.17) is 0 Å². The average molecular weight is 272 g/mol. The fourth-order valence-corrected chi connectivity index (χ4v) is 1.93. The third-order valence-electron chi connectivity index (χ3n) is 3.04. The van der Waals surface area contributed by atoms with E-state index in [1.807, 2.05) is 30.1 Å². The molecule has 0 unspecified atom stereocenters. The lowest BCUT2D eigenvalue weighted by molar-refractivity contribution is 0.0946. The van der Waals surface area contributed by atoms with E-state index >= 15 is 0 Å². The number of carbonyl (C=O) groups is 1. The number of ketones is 1. The van der Waals surface area contributed by atoms with Crippen LogP contribution in [0, 0.1) is 5.82 Å². The lowest BCUT2D eigenvalue weighted by atomic mass is 10.1. The lowest BCUT2D eigenvalue weighted by Crippen LogP contribution is -2.28. The number of aromatic nitrogens is 1. The first-order valence-electron chi connectivity index (χ1n) is 6.52. The maximum atomic E-state index is 13.1. The maximum Gasteiger partial charge on any atom is 0.176 e. The summed E-state index contributed by atoms with van der Waals surface area (Å²) in [7, 11) is 1.88. The third-order valence-corrected chi connectivity index (χ3v) is 3.04. The van der Waals surface area contributed by atoms with Gasteiger partial charge in [0.1, 0.15) is 5.82 Å². The number of likely N-dealkylation sites (N-methyl/N-ethyl adjacent to an activating group) is 1. The fourth-order valence-electron chi connectivity index (χ4n) is 1.93. The molecule has 0 saturated heterocycles. The van der Waals surface area contributed by atoms with Crippen molar-refractivity contribution in [3.8, 4) is 0 Å². The molecule has 2 aromatic rings. The summed E-state index contributed by atoms with van der Waals surface area (Å²) in [5.41, 5.74) is 1.41. The van der Waals surface area contributed by atoms with E-state index in [0.717, 1.165) is 18.7 Å². The standard InChI is InChI=1S/C16H17FN2O/c1-19(10-8-15-7-2-3-9-18-15)12-16(20)13-5-4-6-14(17)11-13/h2-7,9,11H,8,10,12H2,1H3. The van der Waals surface area contributed by atoms with Crippen LogP contribution in [0.5, 0.6) is 0 Å². The first kappa shape index (κ1) is 14.3. The lowest BCUT2D eigenvalue weighted by Gasteiger charge is -2.15. The van der Waals surface area contributed by atoms with Crippen LogP contribution in [0.2, 0.25) is 0 Å². The summed E-state index contributed by atoms with van der Waals surface area (Å²) in [4.78, 5) is 18.2. The van der Waals surface area contributed by atoms with Crippen molar-refractivity contribution in [2.45, 2.75) is 6.42 Å². The molecule has 3 nitrogen and oxygen atoms in total. The molecule has 0 aliphatic carbocycles. The molecule has 4 heteroatoms. The Morgan fingerprint density at radius 1 is 1.25 bits per heavy atom. The summed E-state index contributed by atoms with van der Waals surface area (Å²) in [5.74, 6) is -0.458. The second-order valence-electron chi connectivity index (χ2n) is 4.74. The summed E-state index contributed by atoms with van der Waals surface area (Å²) in [6.45, 7) is 1.01. The number of carbonyl (C=O) groups excluding carboxylic acids is 1. The first-order valence-corrected chi connectivity index (χ1v) is 6.52. The number of benzene rings is 1. The van der Waals surface area contributed by atoms with Crippen LogP contribution in [0.1, 0.15) is 16.1 Å². The van der Waals surface area contributed by atoms with Crippen LogP contribution in [0.25, 0.3) is 0 Å². The van der Waals surface area contributed by atoms with Gasteiger partial charge < -0.3 is 0 Å². The van der Waals surface area contributed by atoms with E-state index in [0.29, 0.717) is 5.56 Å². The molecule has 0 atom stereocenters. The Labute approximate surface area is 118 Å². The fraction of sp³-hybridized carbons (Fsp3) is 0.250. The topological polar surface area (TPSA) is 33.2 Å². The van der Waals surface area contributed by atoms with E-state index < -0.39 is 0 Å². The van der Waals surface area contributed by atoms with Gasteiger partial charge in [0.15, 0.2) is 5.78 Å². The van der Waals surface area contributed by atoms with Crippen molar-refractivity contribution in [2.75, 3.05) is 20.1 Å². The predicted molar refractivity (Wildman–Crippen MR) is 76.2 cm³/mol. The number of rotatable bonds is 6. The van der Waals surface area contributed by atoms with Crippen LogP contribution < -0.4 is 0 Å². The second kappa shape index (κ2) is 6.91. The second-order valence-corrected chi connectivity index (χ2v) is 4.74. The molecule has 104 valence electrons. The molecule has 1 aromatic carbocycles. The van der Waals surface area contributed by atoms with Crippen molar-refractivity contribution in [3.05, 3.63) is 65.7 Å². The van der Waals surface area contributed by atoms with E-state index in [-0.39, 0.29) is 18.1 Å². The molecule has 0 aliphatic rings. The van der Waals surface area contributed by atoms with Gasteiger partial charge in [0.25, 0.3) is 0 Å². The van der Waals surface area contributed by atoms with Crippen LogP contribution in [0.15, 0.2) is 48.7 Å². The van der Waals surface area contributed by atoms with Crippen LogP contribution in [-0.4, -0.2) is 35.8 Å². The zero-order valence-corrected chi connectivity index (χ0v) is 11.4. The van der Waals surface area contributed by atoms with Crippen molar-refractivity contribution in [2.24, 2.45) is 0 Å². The van der Waals surface area contributed by atoms with Crippen molar-refractivity contribution >= 4 is 5.78 Å². The predicted octanol–water partition coefficient (Wildman–Crippen LogP) is 2.58. The number of Topliss-reactive ketones (excluding diaryl/α,β-unsaturated/α-hetero) is 1. The van der Waals surface area contributed by atoms with E-state index in [1.165, 1.54) is 12.1 Å². The minimum Gasteiger partial charge on any atom is -0.299 e. The molecular formula is C16H17FN2O. The van der Waals surface area contributed by atoms with Gasteiger partial charge in [0.05, 0.1) is 6.54 Å². The normalized spacial score (nSPS) is 10.8. The molecule has 0 amide bonds. The molecule has 0 saturated carbocycles. The highest BCUT2D eigenvalue weighted by Gasteiger charge is 2.10. The Bertz CT molecular complexity index is 572. The Hall–Kier alpha value is -2.07. The van der Waals surface area contributed by atoms with E-state index in [9.17, 15) is 9.18 Å². The average Bonchev–Trinajstić information content (AvgIpc) is 2.46. The van der Waals surface area contributed by atoms with Crippen molar-refractivity contribution in [1.82, 2.24) is 9.88 Å². The number of pyridine rings is 1. The van der Waals surface area contributed by atoms with Crippen LogP contribution in [0.3, 0.4) is 0 Å². The Kier molecular flexibility index (Phi) is 4.96. The summed E-state index contributed by atoms with van der Waals surface area (Å²) < 4.78 is 13.1. The van der Waals surface area contributed by atoms with Crippen LogP contribution in [-0.2, 0) is 6.42 Å². The highest BCUT2D eigenvalue weighted by molar-refractivity contribution is 5.97. The molecule has 0 bridgehead atoms. The summed E-state index contributed by atoms with van der Waals surface area (Å²) >= 11 is 0. The van der Waals surface area contributed by atoms with Gasteiger partial charge in [-0.25, -0.2) is 4.39 Å². The quantitative estimate of drug-likeness (QED) is 0.758. The van der Waals surface area contributed by atoms with Gasteiger partial charge in [-0.1, -0.05) is 18.2 Å². The van der Waals surface area contributed by atoms with Gasteiger partial charge in [-0.2, -0.15) is 0 Å². The Morgan fingerprint density at radius 3 is 2.80 bits per heavy atom. The first-order chi connectivity index (χ1) is 9.65. The molecule has 0 N–H and O–H groups in total. The number of halogens is 1. The smallest absolute Gasteiger partial charge is 0.176 e. The van der Waals surface area contributed by atoms with Gasteiger partial charge in [-0.05, 0) is 31.3 Å². The van der Waals surface area contributed by atoms with E-state index in [1.54, 1.807) is 18.3 Å². The monoisotopic (exact) mass is 272 g/mol. The van der Waals surface area contributed by atoms with Gasteiger partial charge in [0, 0.05) is 30.4 Å². The molecule has 20 heavy (non-hydrogen) atoms. The molecule has 0 radical (unpaired) electrons. The maximum absolute atomic E-state index is 13.1. The van der Waals surface area contributed by atoms with Gasteiger partial charge in [-0.15, -0.1) is 0 Å². The van der Waals surface area contributed by atoms with E-state index in [2.05, 4.69) is 4.98 Å². The van der Waals surface area contributed by atoms with Gasteiger partial charge in [0.2, 0.25) is 0 Å². The summed E-state index contributed by atoms with van der Waals surface area (Å²) in [6.07, 6.45) is 2.54. The number of hydrogen-bond acceptors (Lipinski definition) is 3. The molecule has 1 heterocycles. The Morgan fingerprint density at radius 2 is 2.10 bits per heavy atom. The van der Waals surface area contributed by atoms with Crippen molar-refractivity contribution in [1.29, 1.82) is 0 Å². The highest BCUT2D eigenvalue weighted by Crippen LogP contribution is 2.05. The molecule has 2 rings (SSSR count). The van der Waals surface area contributed by atoms with Gasteiger partial charge in [-0.3, -0.25) is 14.7 Å². The molecule has 0 fully saturated rings. The highest BCUT2D eigenvalue weighted by atomic mass is 19.1. The minimum atomic E-state index is -0.382. The number of hydrogen-bond donors (Lipinski definition) is 0. The zero-order valence-electron chi connectivity index (χ0n) is 11.4. The SMILES string of the molecule is CN(CCc1ccccn1)CC(=O)c1cccc(F)c1. The molecular weight excluding hydrogens is 255 g/mol. The molecule has 0 spiro atoms.